The van der Waals surface area contributed by atoms with Gasteiger partial charge in [-0.2, -0.15) is 0 Å². The van der Waals surface area contributed by atoms with E-state index in [-0.39, 0.29) is 12.5 Å². The number of fused-ring (bicyclic) bond motifs is 4. The van der Waals surface area contributed by atoms with Gasteiger partial charge in [0.2, 0.25) is 0 Å². The first-order chi connectivity index (χ1) is 17.2. The summed E-state index contributed by atoms with van der Waals surface area (Å²) in [4.78, 5) is 14.9. The first kappa shape index (κ1) is 23.1. The molecule has 35 heavy (non-hydrogen) atoms. The molecule has 1 amide bonds. The third-order valence-corrected chi connectivity index (χ3v) is 5.95. The molecule has 0 spiro atoms. The number of ether oxygens (including phenoxy) is 5. The van der Waals surface area contributed by atoms with Gasteiger partial charge in [-0.15, -0.1) is 0 Å². The molecule has 3 aromatic rings. The third kappa shape index (κ3) is 6.05. The van der Waals surface area contributed by atoms with Gasteiger partial charge < -0.3 is 28.6 Å². The minimum absolute atomic E-state index is 0.0736. The Morgan fingerprint density at radius 2 is 1.57 bits per heavy atom. The molecule has 5 rings (SSSR count). The Hall–Kier alpha value is -3.71. The maximum Gasteiger partial charge on any atom is 0.260 e. The van der Waals surface area contributed by atoms with Gasteiger partial charge in [-0.1, -0.05) is 42.5 Å². The van der Waals surface area contributed by atoms with Crippen molar-refractivity contribution >= 4 is 5.91 Å². The zero-order chi connectivity index (χ0) is 23.9. The quantitative estimate of drug-likeness (QED) is 0.573. The molecule has 7 heteroatoms. The van der Waals surface area contributed by atoms with Crippen LogP contribution in [0.1, 0.15) is 16.7 Å². The van der Waals surface area contributed by atoms with Crippen molar-refractivity contribution < 1.29 is 28.5 Å². The van der Waals surface area contributed by atoms with Gasteiger partial charge in [0.15, 0.2) is 18.1 Å². The molecule has 0 aromatic heterocycles. The number of carbonyl (C=O) groups excluding carboxylic acids is 1. The number of carbonyl (C=O) groups is 1. The predicted octanol–water partition coefficient (Wildman–Crippen LogP) is 3.87. The first-order valence-corrected chi connectivity index (χ1v) is 11.9. The Kier molecular flexibility index (Phi) is 7.34. The summed E-state index contributed by atoms with van der Waals surface area (Å²) in [5.74, 6) is 2.66. The van der Waals surface area contributed by atoms with Crippen LogP contribution in [0.4, 0.5) is 0 Å². The molecule has 7 nitrogen and oxygen atoms in total. The number of para-hydroxylation sites is 1. The van der Waals surface area contributed by atoms with Gasteiger partial charge in [0.1, 0.15) is 31.3 Å². The number of rotatable bonds is 3. The van der Waals surface area contributed by atoms with Gasteiger partial charge in [0, 0.05) is 25.6 Å². The SMILES string of the molecule is O=C(COc1ccc2c(c1)OCCO2)N1CCOCCOc2ccccc2Cc2cccc(c2)C1. The highest BCUT2D eigenvalue weighted by molar-refractivity contribution is 5.77. The summed E-state index contributed by atoms with van der Waals surface area (Å²) in [7, 11) is 0. The highest BCUT2D eigenvalue weighted by atomic mass is 16.6. The fourth-order valence-corrected chi connectivity index (χ4v) is 4.20. The molecule has 0 N–H and O–H groups in total. The van der Waals surface area contributed by atoms with Crippen LogP contribution < -0.4 is 18.9 Å². The lowest BCUT2D eigenvalue weighted by Gasteiger charge is -2.24. The van der Waals surface area contributed by atoms with E-state index < -0.39 is 0 Å². The maximum absolute atomic E-state index is 13.1. The van der Waals surface area contributed by atoms with Crippen molar-refractivity contribution in [3.8, 4) is 23.0 Å². The Balaban J connectivity index is 1.28. The van der Waals surface area contributed by atoms with E-state index >= 15 is 0 Å². The highest BCUT2D eigenvalue weighted by Crippen LogP contribution is 2.33. The fraction of sp³-hybridized carbons (Fsp3) is 0.321. The summed E-state index contributed by atoms with van der Waals surface area (Å²) in [5, 5.41) is 0. The van der Waals surface area contributed by atoms with Gasteiger partial charge in [-0.25, -0.2) is 0 Å². The molecule has 0 atom stereocenters. The minimum Gasteiger partial charge on any atom is -0.491 e. The van der Waals surface area contributed by atoms with E-state index in [9.17, 15) is 4.79 Å². The molecule has 0 unspecified atom stereocenters. The zero-order valence-electron chi connectivity index (χ0n) is 19.6. The molecule has 3 aromatic carbocycles. The molecule has 2 aliphatic rings. The topological polar surface area (TPSA) is 66.5 Å². The molecule has 2 heterocycles. The minimum atomic E-state index is -0.109. The van der Waals surface area contributed by atoms with E-state index in [0.29, 0.717) is 63.4 Å². The zero-order valence-corrected chi connectivity index (χ0v) is 19.6. The normalized spacial score (nSPS) is 15.8. The van der Waals surface area contributed by atoms with Crippen molar-refractivity contribution in [2.75, 3.05) is 46.2 Å². The van der Waals surface area contributed by atoms with E-state index in [1.165, 1.54) is 5.56 Å². The van der Waals surface area contributed by atoms with Crippen molar-refractivity contribution in [1.29, 1.82) is 0 Å². The van der Waals surface area contributed by atoms with Crippen molar-refractivity contribution in [3.05, 3.63) is 83.4 Å². The smallest absolute Gasteiger partial charge is 0.260 e. The second-order valence-corrected chi connectivity index (χ2v) is 8.47. The summed E-state index contributed by atoms with van der Waals surface area (Å²) in [6.07, 6.45) is 0.756. The molecule has 182 valence electrons. The van der Waals surface area contributed by atoms with E-state index in [1.807, 2.05) is 30.3 Å². The monoisotopic (exact) mass is 475 g/mol. The van der Waals surface area contributed by atoms with Crippen LogP contribution in [0.3, 0.4) is 0 Å². The average Bonchev–Trinajstić information content (AvgIpc) is 2.89. The molecule has 0 fully saturated rings. The highest BCUT2D eigenvalue weighted by Gasteiger charge is 2.18. The average molecular weight is 476 g/mol. The molecule has 2 aliphatic heterocycles. The Morgan fingerprint density at radius 3 is 2.51 bits per heavy atom. The van der Waals surface area contributed by atoms with Gasteiger partial charge in [0.25, 0.3) is 5.91 Å². The Morgan fingerprint density at radius 1 is 0.771 bits per heavy atom. The van der Waals surface area contributed by atoms with Crippen LogP contribution in [0.5, 0.6) is 23.0 Å². The number of benzene rings is 3. The van der Waals surface area contributed by atoms with Crippen LogP contribution in [0, 0.1) is 0 Å². The summed E-state index contributed by atoms with van der Waals surface area (Å²) in [5.41, 5.74) is 3.36. The van der Waals surface area contributed by atoms with Crippen molar-refractivity contribution in [1.82, 2.24) is 4.90 Å². The lowest BCUT2D eigenvalue weighted by molar-refractivity contribution is -0.134. The van der Waals surface area contributed by atoms with Gasteiger partial charge in [-0.3, -0.25) is 4.79 Å². The largest absolute Gasteiger partial charge is 0.491 e. The van der Waals surface area contributed by atoms with Crippen LogP contribution in [-0.4, -0.2) is 57.0 Å². The molecule has 0 aliphatic carbocycles. The fourth-order valence-electron chi connectivity index (χ4n) is 4.20. The third-order valence-electron chi connectivity index (χ3n) is 5.95. The number of amides is 1. The number of nitrogens with zero attached hydrogens (tertiary/aromatic N) is 1. The van der Waals surface area contributed by atoms with Crippen LogP contribution >= 0.6 is 0 Å². The van der Waals surface area contributed by atoms with Crippen LogP contribution in [0.15, 0.2) is 66.7 Å². The molecule has 0 radical (unpaired) electrons. The molecular weight excluding hydrogens is 446 g/mol. The van der Waals surface area contributed by atoms with Gasteiger partial charge >= 0.3 is 0 Å². The summed E-state index contributed by atoms with van der Waals surface area (Å²) in [6, 6.07) is 21.7. The van der Waals surface area contributed by atoms with Crippen molar-refractivity contribution in [3.63, 3.8) is 0 Å². The second-order valence-electron chi connectivity index (χ2n) is 8.47. The number of hydrogen-bond donors (Lipinski definition) is 0. The molecular formula is C28H29NO6. The van der Waals surface area contributed by atoms with Crippen LogP contribution in [-0.2, 0) is 22.5 Å². The summed E-state index contributed by atoms with van der Waals surface area (Å²) in [6.45, 7) is 3.23. The van der Waals surface area contributed by atoms with Gasteiger partial charge in [0.05, 0.1) is 13.2 Å². The van der Waals surface area contributed by atoms with Crippen LogP contribution in [0.25, 0.3) is 0 Å². The van der Waals surface area contributed by atoms with E-state index in [2.05, 4.69) is 18.2 Å². The molecule has 2 bridgehead atoms. The van der Waals surface area contributed by atoms with Crippen molar-refractivity contribution in [2.45, 2.75) is 13.0 Å². The lowest BCUT2D eigenvalue weighted by atomic mass is 10.0. The Labute approximate surface area is 205 Å². The predicted molar refractivity (Wildman–Crippen MR) is 130 cm³/mol. The number of hydrogen-bond acceptors (Lipinski definition) is 6. The summed E-state index contributed by atoms with van der Waals surface area (Å²) >= 11 is 0. The van der Waals surface area contributed by atoms with Crippen molar-refractivity contribution in [2.24, 2.45) is 0 Å². The maximum atomic E-state index is 13.1. The molecule has 0 saturated heterocycles. The second kappa shape index (κ2) is 11.1. The Bertz CT molecular complexity index is 1160. The van der Waals surface area contributed by atoms with Crippen LogP contribution in [0.2, 0.25) is 0 Å². The van der Waals surface area contributed by atoms with E-state index in [4.69, 9.17) is 23.7 Å². The lowest BCUT2D eigenvalue weighted by Crippen LogP contribution is -2.37. The molecule has 0 saturated carbocycles. The summed E-state index contributed by atoms with van der Waals surface area (Å²) < 4.78 is 28.7. The first-order valence-electron chi connectivity index (χ1n) is 11.9. The van der Waals surface area contributed by atoms with E-state index in [0.717, 1.165) is 23.3 Å². The van der Waals surface area contributed by atoms with E-state index in [1.54, 1.807) is 23.1 Å². The van der Waals surface area contributed by atoms with Gasteiger partial charge in [-0.05, 0) is 34.9 Å². The standard InChI is InChI=1S/C28H29NO6/c30-28(20-35-24-8-9-26-27(18-24)34-15-14-33-26)29-10-11-31-12-13-32-25-7-2-1-6-23(25)17-21-4-3-5-22(16-21)19-29/h1-9,16,18H,10-15,17,19-20H2.